The van der Waals surface area contributed by atoms with Crippen LogP contribution in [0.4, 0.5) is 11.4 Å². The zero-order valence-corrected chi connectivity index (χ0v) is 18.2. The first kappa shape index (κ1) is 21.6. The van der Waals surface area contributed by atoms with E-state index in [-0.39, 0.29) is 25.4 Å². The number of furan rings is 1. The molecule has 7 nitrogen and oxygen atoms in total. The van der Waals surface area contributed by atoms with Gasteiger partial charge in [0.15, 0.2) is 0 Å². The summed E-state index contributed by atoms with van der Waals surface area (Å²) in [6, 6.07) is 22.3. The molecule has 0 radical (unpaired) electrons. The van der Waals surface area contributed by atoms with E-state index in [1.807, 2.05) is 60.7 Å². The SMILES string of the molecule is CS(=O)(=O)N(CCC#N)Cc1ccc(/C=C2/C(=O)N(c3ccccc3)c3ccccc32)o1. The first-order valence-electron chi connectivity index (χ1n) is 10.00. The minimum absolute atomic E-state index is 0.0182. The second-order valence-corrected chi connectivity index (χ2v) is 9.34. The molecule has 1 aromatic heterocycles. The molecule has 0 fully saturated rings. The number of carbonyl (C=O) groups excluding carboxylic acids is 1. The van der Waals surface area contributed by atoms with Gasteiger partial charge < -0.3 is 4.42 Å². The molecule has 1 aliphatic rings. The highest BCUT2D eigenvalue weighted by atomic mass is 32.2. The highest BCUT2D eigenvalue weighted by molar-refractivity contribution is 7.88. The Balaban J connectivity index is 1.64. The summed E-state index contributed by atoms with van der Waals surface area (Å²) in [5.41, 5.74) is 2.86. The lowest BCUT2D eigenvalue weighted by Gasteiger charge is -2.17. The summed E-state index contributed by atoms with van der Waals surface area (Å²) in [6.45, 7) is 0.106. The van der Waals surface area contributed by atoms with Crippen molar-refractivity contribution in [2.24, 2.45) is 0 Å². The average Bonchev–Trinajstić information content (AvgIpc) is 3.33. The number of anilines is 2. The van der Waals surface area contributed by atoms with Crippen molar-refractivity contribution in [2.75, 3.05) is 17.7 Å². The van der Waals surface area contributed by atoms with Gasteiger partial charge in [0.1, 0.15) is 11.5 Å². The molecule has 4 rings (SSSR count). The molecule has 1 amide bonds. The maximum Gasteiger partial charge on any atom is 0.263 e. The zero-order chi connectivity index (χ0) is 22.7. The number of nitrogens with zero attached hydrogens (tertiary/aromatic N) is 3. The molecule has 162 valence electrons. The number of hydrogen-bond acceptors (Lipinski definition) is 5. The van der Waals surface area contributed by atoms with Crippen molar-refractivity contribution in [3.63, 3.8) is 0 Å². The molecule has 2 heterocycles. The fraction of sp³-hybridized carbons (Fsp3) is 0.167. The molecule has 8 heteroatoms. The van der Waals surface area contributed by atoms with Crippen LogP contribution in [0.15, 0.2) is 71.1 Å². The molecule has 0 saturated heterocycles. The van der Waals surface area contributed by atoms with Gasteiger partial charge in [-0.15, -0.1) is 0 Å². The molecule has 2 aromatic carbocycles. The Bertz CT molecular complexity index is 1320. The molecular formula is C24H21N3O4S. The number of amides is 1. The summed E-state index contributed by atoms with van der Waals surface area (Å²) in [7, 11) is -3.49. The minimum Gasteiger partial charge on any atom is -0.460 e. The molecule has 3 aromatic rings. The third-order valence-electron chi connectivity index (χ3n) is 5.13. The summed E-state index contributed by atoms with van der Waals surface area (Å²) >= 11 is 0. The summed E-state index contributed by atoms with van der Waals surface area (Å²) in [6.07, 6.45) is 2.86. The van der Waals surface area contributed by atoms with Crippen molar-refractivity contribution in [3.05, 3.63) is 83.8 Å². The fourth-order valence-corrected chi connectivity index (χ4v) is 4.41. The topological polar surface area (TPSA) is 94.6 Å². The van der Waals surface area contributed by atoms with E-state index in [0.717, 1.165) is 23.2 Å². The molecule has 0 N–H and O–H groups in total. The third-order valence-corrected chi connectivity index (χ3v) is 6.38. The Morgan fingerprint density at radius 3 is 2.50 bits per heavy atom. The molecule has 0 atom stereocenters. The van der Waals surface area contributed by atoms with Gasteiger partial charge in [0.25, 0.3) is 5.91 Å². The lowest BCUT2D eigenvalue weighted by Crippen LogP contribution is -2.30. The summed E-state index contributed by atoms with van der Waals surface area (Å²) < 4.78 is 31.0. The van der Waals surface area contributed by atoms with Crippen molar-refractivity contribution in [3.8, 4) is 6.07 Å². The molecular weight excluding hydrogens is 426 g/mol. The smallest absolute Gasteiger partial charge is 0.263 e. The summed E-state index contributed by atoms with van der Waals surface area (Å²) in [5.74, 6) is 0.711. The maximum absolute atomic E-state index is 13.3. The van der Waals surface area contributed by atoms with Gasteiger partial charge in [-0.05, 0) is 36.4 Å². The molecule has 0 bridgehead atoms. The van der Waals surface area contributed by atoms with E-state index in [4.69, 9.17) is 9.68 Å². The van der Waals surface area contributed by atoms with E-state index in [2.05, 4.69) is 0 Å². The van der Waals surface area contributed by atoms with Crippen molar-refractivity contribution < 1.29 is 17.6 Å². The summed E-state index contributed by atoms with van der Waals surface area (Å²) in [4.78, 5) is 15.0. The van der Waals surface area contributed by atoms with Gasteiger partial charge in [-0.2, -0.15) is 9.57 Å². The monoisotopic (exact) mass is 447 g/mol. The van der Waals surface area contributed by atoms with Gasteiger partial charge in [0.2, 0.25) is 10.0 Å². The number of carbonyl (C=O) groups is 1. The quantitative estimate of drug-likeness (QED) is 0.507. The van der Waals surface area contributed by atoms with Crippen LogP contribution < -0.4 is 4.90 Å². The molecule has 32 heavy (non-hydrogen) atoms. The van der Waals surface area contributed by atoms with Crippen LogP contribution in [0.5, 0.6) is 0 Å². The number of para-hydroxylation sites is 2. The second kappa shape index (κ2) is 8.83. The second-order valence-electron chi connectivity index (χ2n) is 7.36. The molecule has 0 spiro atoms. The summed E-state index contributed by atoms with van der Waals surface area (Å²) in [5, 5.41) is 8.78. The van der Waals surface area contributed by atoms with Crippen molar-refractivity contribution in [1.82, 2.24) is 4.31 Å². The highest BCUT2D eigenvalue weighted by Crippen LogP contribution is 2.42. The van der Waals surface area contributed by atoms with E-state index in [1.165, 1.54) is 4.31 Å². The molecule has 1 aliphatic heterocycles. The third kappa shape index (κ3) is 4.35. The predicted molar refractivity (Wildman–Crippen MR) is 122 cm³/mol. The van der Waals surface area contributed by atoms with Crippen LogP contribution in [0.25, 0.3) is 11.6 Å². The highest BCUT2D eigenvalue weighted by Gasteiger charge is 2.33. The predicted octanol–water partition coefficient (Wildman–Crippen LogP) is 4.17. The van der Waals surface area contributed by atoms with E-state index in [1.54, 1.807) is 23.1 Å². The Labute approximate surface area is 186 Å². The number of rotatable bonds is 7. The Kier molecular flexibility index (Phi) is 5.95. The van der Waals surface area contributed by atoms with Gasteiger partial charge in [-0.3, -0.25) is 9.69 Å². The molecule has 0 saturated carbocycles. The van der Waals surface area contributed by atoms with Crippen molar-refractivity contribution in [1.29, 1.82) is 5.26 Å². The van der Waals surface area contributed by atoms with Crippen LogP contribution in [0.1, 0.15) is 23.5 Å². The van der Waals surface area contributed by atoms with E-state index in [0.29, 0.717) is 17.1 Å². The van der Waals surface area contributed by atoms with Gasteiger partial charge >= 0.3 is 0 Å². The normalized spacial score (nSPS) is 14.7. The molecule has 0 aliphatic carbocycles. The van der Waals surface area contributed by atoms with Gasteiger partial charge in [-0.25, -0.2) is 8.42 Å². The van der Waals surface area contributed by atoms with Gasteiger partial charge in [-0.1, -0.05) is 36.4 Å². The van der Waals surface area contributed by atoms with Crippen LogP contribution in [-0.4, -0.2) is 31.4 Å². The van der Waals surface area contributed by atoms with Crippen molar-refractivity contribution in [2.45, 2.75) is 13.0 Å². The zero-order valence-electron chi connectivity index (χ0n) is 17.4. The number of benzene rings is 2. The number of fused-ring (bicyclic) bond motifs is 1. The Morgan fingerprint density at radius 2 is 1.78 bits per heavy atom. The van der Waals surface area contributed by atoms with E-state index in [9.17, 15) is 13.2 Å². The standard InChI is InChI=1S/C24H21N3O4S/c1-32(29,30)26(15-7-14-25)17-20-13-12-19(31-20)16-22-21-10-5-6-11-23(21)27(24(22)28)18-8-3-2-4-9-18/h2-6,8-13,16H,7,15,17H2,1H3/b22-16+. The van der Waals surface area contributed by atoms with Crippen molar-refractivity contribution >= 4 is 39.0 Å². The van der Waals surface area contributed by atoms with Crippen LogP contribution in [0, 0.1) is 11.3 Å². The van der Waals surface area contributed by atoms with Gasteiger partial charge in [0.05, 0.1) is 30.1 Å². The van der Waals surface area contributed by atoms with E-state index >= 15 is 0 Å². The Morgan fingerprint density at radius 1 is 1.06 bits per heavy atom. The minimum atomic E-state index is -3.49. The van der Waals surface area contributed by atoms with Gasteiger partial charge in [0, 0.05) is 24.2 Å². The first-order chi connectivity index (χ1) is 15.4. The lowest BCUT2D eigenvalue weighted by atomic mass is 10.1. The van der Waals surface area contributed by atoms with Crippen LogP contribution in [-0.2, 0) is 21.4 Å². The van der Waals surface area contributed by atoms with Crippen LogP contribution in [0.3, 0.4) is 0 Å². The van der Waals surface area contributed by atoms with Crippen LogP contribution in [0.2, 0.25) is 0 Å². The maximum atomic E-state index is 13.3. The molecule has 0 unspecified atom stereocenters. The lowest BCUT2D eigenvalue weighted by molar-refractivity contribution is -0.112. The number of hydrogen-bond donors (Lipinski definition) is 0. The average molecular weight is 448 g/mol. The first-order valence-corrected chi connectivity index (χ1v) is 11.8. The number of sulfonamides is 1. The Hall–Kier alpha value is -3.67. The van der Waals surface area contributed by atoms with E-state index < -0.39 is 10.0 Å². The fourth-order valence-electron chi connectivity index (χ4n) is 3.62. The number of nitriles is 1. The largest absolute Gasteiger partial charge is 0.460 e. The van der Waals surface area contributed by atoms with Crippen LogP contribution >= 0.6 is 0 Å².